The Kier molecular flexibility index (Phi) is 5.43. The van der Waals surface area contributed by atoms with Crippen LogP contribution in [-0.2, 0) is 6.18 Å². The van der Waals surface area contributed by atoms with Crippen LogP contribution in [0.1, 0.15) is 35.2 Å². The first-order valence-electron chi connectivity index (χ1n) is 11.2. The molecule has 2 aromatic rings. The van der Waals surface area contributed by atoms with E-state index in [4.69, 9.17) is 0 Å². The molecule has 3 fully saturated rings. The average Bonchev–Trinajstić information content (AvgIpc) is 3.17. The van der Waals surface area contributed by atoms with Crippen LogP contribution in [0.5, 0.6) is 0 Å². The highest BCUT2D eigenvalue weighted by Crippen LogP contribution is 2.48. The molecule has 3 aliphatic heterocycles. The lowest BCUT2D eigenvalue weighted by molar-refractivity contribution is -0.149. The van der Waals surface area contributed by atoms with Crippen molar-refractivity contribution in [3.05, 3.63) is 22.6 Å². The van der Waals surface area contributed by atoms with Crippen LogP contribution in [0.25, 0.3) is 10.2 Å². The van der Waals surface area contributed by atoms with E-state index in [1.54, 1.807) is 4.90 Å². The Morgan fingerprint density at radius 1 is 1.26 bits per heavy atom. The average molecular weight is 498 g/mol. The number of pyridine rings is 1. The molecule has 3 aliphatic rings. The molecule has 5 rings (SSSR count). The largest absolute Gasteiger partial charge is 0.465 e. The van der Waals surface area contributed by atoms with Crippen molar-refractivity contribution in [1.82, 2.24) is 20.1 Å². The standard InChI is InChI=1S/C22H26F3N5O3S/c1-26-19(31)13-9-34-18-14(22(23,24)25)7-16(27-17(13)18)29-5-3-12(4-6-29)15-8-21(10-28(2)11-21)30(15)20(32)33/h7,9,12,15H,3-6,8,10-11H2,1-2H3,(H,26,31)(H,32,33). The first-order chi connectivity index (χ1) is 16.0. The van der Waals surface area contributed by atoms with Crippen molar-refractivity contribution < 1.29 is 27.9 Å². The first kappa shape index (κ1) is 23.2. The number of carboxylic acid groups (broad SMARTS) is 1. The third kappa shape index (κ3) is 3.58. The smallest absolute Gasteiger partial charge is 0.417 e. The lowest BCUT2D eigenvalue weighted by atomic mass is 9.67. The molecule has 0 saturated carbocycles. The summed E-state index contributed by atoms with van der Waals surface area (Å²) in [5, 5.41) is 13.6. The van der Waals surface area contributed by atoms with Gasteiger partial charge in [-0.2, -0.15) is 13.2 Å². The quantitative estimate of drug-likeness (QED) is 0.677. The van der Waals surface area contributed by atoms with Gasteiger partial charge in [0.2, 0.25) is 0 Å². The summed E-state index contributed by atoms with van der Waals surface area (Å²) in [6.45, 7) is 2.45. The molecule has 184 valence electrons. The summed E-state index contributed by atoms with van der Waals surface area (Å²) in [6, 6.07) is 1.02. The maximum atomic E-state index is 13.8. The number of amides is 2. The zero-order valence-corrected chi connectivity index (χ0v) is 19.7. The van der Waals surface area contributed by atoms with Crippen LogP contribution in [0, 0.1) is 5.92 Å². The molecule has 12 heteroatoms. The number of hydrogen-bond donors (Lipinski definition) is 2. The summed E-state index contributed by atoms with van der Waals surface area (Å²) >= 11 is 0.865. The summed E-state index contributed by atoms with van der Waals surface area (Å²) in [5.41, 5.74) is -0.872. The molecule has 5 heterocycles. The highest BCUT2D eigenvalue weighted by Gasteiger charge is 2.61. The van der Waals surface area contributed by atoms with Gasteiger partial charge in [-0.3, -0.25) is 9.69 Å². The molecule has 1 atom stereocenters. The molecule has 1 unspecified atom stereocenters. The second kappa shape index (κ2) is 7.98. The van der Waals surface area contributed by atoms with E-state index in [-0.39, 0.29) is 39.1 Å². The molecule has 0 radical (unpaired) electrons. The summed E-state index contributed by atoms with van der Waals surface area (Å²) in [5.74, 6) is -0.114. The van der Waals surface area contributed by atoms with Crippen molar-refractivity contribution in [3.63, 3.8) is 0 Å². The number of carbonyl (C=O) groups excluding carboxylic acids is 1. The number of alkyl halides is 3. The summed E-state index contributed by atoms with van der Waals surface area (Å²) in [4.78, 5) is 34.1. The number of halogens is 3. The number of anilines is 1. The summed E-state index contributed by atoms with van der Waals surface area (Å²) < 4.78 is 41.4. The molecule has 3 saturated heterocycles. The second-order valence-corrected chi connectivity index (χ2v) is 10.5. The fourth-order valence-corrected chi connectivity index (χ4v) is 6.98. The van der Waals surface area contributed by atoms with Crippen molar-refractivity contribution in [2.24, 2.45) is 5.92 Å². The van der Waals surface area contributed by atoms with Crippen molar-refractivity contribution in [3.8, 4) is 0 Å². The number of nitrogens with one attached hydrogen (secondary N) is 1. The number of rotatable bonds is 3. The second-order valence-electron chi connectivity index (χ2n) is 9.58. The minimum Gasteiger partial charge on any atom is -0.465 e. The van der Waals surface area contributed by atoms with Crippen LogP contribution in [0.2, 0.25) is 0 Å². The van der Waals surface area contributed by atoms with Gasteiger partial charge in [-0.15, -0.1) is 11.3 Å². The van der Waals surface area contributed by atoms with E-state index in [0.29, 0.717) is 25.9 Å². The van der Waals surface area contributed by atoms with Gasteiger partial charge < -0.3 is 20.2 Å². The Hall–Kier alpha value is -2.60. The van der Waals surface area contributed by atoms with Crippen molar-refractivity contribution >= 4 is 39.4 Å². The number of fused-ring (bicyclic) bond motifs is 1. The zero-order valence-electron chi connectivity index (χ0n) is 18.9. The van der Waals surface area contributed by atoms with E-state index in [9.17, 15) is 27.9 Å². The Morgan fingerprint density at radius 3 is 2.50 bits per heavy atom. The Bertz CT molecular complexity index is 1140. The number of carbonyl (C=O) groups is 2. The van der Waals surface area contributed by atoms with E-state index in [2.05, 4.69) is 15.2 Å². The zero-order chi connectivity index (χ0) is 24.4. The molecular weight excluding hydrogens is 471 g/mol. The van der Waals surface area contributed by atoms with Gasteiger partial charge in [-0.05, 0) is 38.3 Å². The summed E-state index contributed by atoms with van der Waals surface area (Å²) in [6.07, 6.45) is -3.29. The molecule has 0 aromatic carbocycles. The van der Waals surface area contributed by atoms with E-state index >= 15 is 0 Å². The van der Waals surface area contributed by atoms with Crippen LogP contribution in [0.4, 0.5) is 23.8 Å². The molecule has 2 aromatic heterocycles. The first-order valence-corrected chi connectivity index (χ1v) is 12.1. The molecule has 2 amide bonds. The molecule has 2 N–H and O–H groups in total. The molecule has 8 nitrogen and oxygen atoms in total. The van der Waals surface area contributed by atoms with Crippen LogP contribution in [0.3, 0.4) is 0 Å². The van der Waals surface area contributed by atoms with Gasteiger partial charge in [-0.25, -0.2) is 9.78 Å². The van der Waals surface area contributed by atoms with E-state index in [0.717, 1.165) is 36.9 Å². The number of nitrogens with zero attached hydrogens (tertiary/aromatic N) is 4. The predicted octanol–water partition coefficient (Wildman–Crippen LogP) is 3.33. The third-order valence-electron chi connectivity index (χ3n) is 7.46. The molecule has 1 spiro atoms. The van der Waals surface area contributed by atoms with E-state index in [1.165, 1.54) is 12.4 Å². The SMILES string of the molecule is CNC(=O)c1csc2c(C(F)(F)F)cc(N3CCC(C4CC5(CN(C)C5)N4C(=O)O)CC3)nc12. The number of aromatic nitrogens is 1. The third-order valence-corrected chi connectivity index (χ3v) is 8.46. The fourth-order valence-electron chi connectivity index (χ4n) is 5.96. The van der Waals surface area contributed by atoms with Crippen molar-refractivity contribution in [2.75, 3.05) is 45.2 Å². The Labute approximate surface area is 198 Å². The van der Waals surface area contributed by atoms with Gasteiger partial charge in [0.15, 0.2) is 0 Å². The maximum Gasteiger partial charge on any atom is 0.417 e. The van der Waals surface area contributed by atoms with Crippen LogP contribution >= 0.6 is 11.3 Å². The van der Waals surface area contributed by atoms with Gasteiger partial charge in [-0.1, -0.05) is 0 Å². The molecule has 34 heavy (non-hydrogen) atoms. The topological polar surface area (TPSA) is 89.0 Å². The van der Waals surface area contributed by atoms with E-state index < -0.39 is 23.7 Å². The van der Waals surface area contributed by atoms with E-state index in [1.807, 2.05) is 11.9 Å². The lowest BCUT2D eigenvalue weighted by Gasteiger charge is -2.66. The molecular formula is C22H26F3N5O3S. The van der Waals surface area contributed by atoms with Gasteiger partial charge in [0.25, 0.3) is 5.91 Å². The van der Waals surface area contributed by atoms with Crippen LogP contribution < -0.4 is 10.2 Å². The van der Waals surface area contributed by atoms with Crippen molar-refractivity contribution in [1.29, 1.82) is 0 Å². The minimum atomic E-state index is -4.57. The highest BCUT2D eigenvalue weighted by atomic mass is 32.1. The normalized spacial score (nSPS) is 23.1. The van der Waals surface area contributed by atoms with Crippen LogP contribution in [-0.4, -0.2) is 83.7 Å². The number of piperidine rings is 1. The Morgan fingerprint density at radius 2 is 1.94 bits per heavy atom. The van der Waals surface area contributed by atoms with Gasteiger partial charge in [0, 0.05) is 44.6 Å². The van der Waals surface area contributed by atoms with Crippen molar-refractivity contribution in [2.45, 2.75) is 37.0 Å². The highest BCUT2D eigenvalue weighted by molar-refractivity contribution is 7.17. The van der Waals surface area contributed by atoms with Gasteiger partial charge >= 0.3 is 12.3 Å². The Balaban J connectivity index is 1.37. The lowest BCUT2D eigenvalue weighted by Crippen LogP contribution is -2.81. The fraction of sp³-hybridized carbons (Fsp3) is 0.591. The predicted molar refractivity (Wildman–Crippen MR) is 121 cm³/mol. The molecule has 0 aliphatic carbocycles. The number of thiophene rings is 1. The minimum absolute atomic E-state index is 0.0490. The molecule has 0 bridgehead atoms. The monoisotopic (exact) mass is 497 g/mol. The number of hydrogen-bond acceptors (Lipinski definition) is 6. The van der Waals surface area contributed by atoms with Gasteiger partial charge in [0.1, 0.15) is 5.82 Å². The van der Waals surface area contributed by atoms with Crippen LogP contribution in [0.15, 0.2) is 11.4 Å². The maximum absolute atomic E-state index is 13.8. The number of likely N-dealkylation sites (N-methyl/N-ethyl adjacent to an activating group) is 1. The number of likely N-dealkylation sites (tertiary alicyclic amines) is 2. The van der Waals surface area contributed by atoms with Gasteiger partial charge in [0.05, 0.1) is 26.9 Å². The summed E-state index contributed by atoms with van der Waals surface area (Å²) in [7, 11) is 3.40.